The summed E-state index contributed by atoms with van der Waals surface area (Å²) < 4.78 is 23.0. The Labute approximate surface area is 644 Å². The minimum atomic E-state index is -1.33. The SMILES string of the molecule is CC(=O)Nc1cc(C(=O)Nc2cn(C)c(C(=O)Nc3cn(C)c(C(=O)Nc4cc(C(=O)NCCC(NC(=O)COCCOCCNC(=O)CC56CC7CC(CC(C7)C5)C6)C(=O)Nc5cn(C)c(C(=O)Nc6cc(C(=O)Nc7cc(C(=O)Nc8cc(C(=O)NCCCN(C)C)n(C)c8)n(C)c7)n(C)c6)n5)n(C)c4)n3)n2)n(C)c1. The van der Waals surface area contributed by atoms with E-state index in [9.17, 15) is 57.5 Å². The molecule has 4 bridgehead atoms. The van der Waals surface area contributed by atoms with Crippen molar-refractivity contribution in [3.8, 4) is 0 Å². The molecular formula is C74H96N24O14. The zero-order valence-corrected chi connectivity index (χ0v) is 64.4. The summed E-state index contributed by atoms with van der Waals surface area (Å²) in [4.78, 5) is 175. The van der Waals surface area contributed by atoms with Crippen LogP contribution in [-0.2, 0) is 85.0 Å². The lowest BCUT2D eigenvalue weighted by atomic mass is 9.49. The molecule has 12 amide bonds. The number of nitrogens with zero attached hydrogens (tertiary/aromatic N) is 12. The highest BCUT2D eigenvalue weighted by Crippen LogP contribution is 2.61. The van der Waals surface area contributed by atoms with Crippen molar-refractivity contribution in [3.05, 3.63) is 126 Å². The van der Waals surface area contributed by atoms with Crippen LogP contribution in [0.4, 0.5) is 45.9 Å². The van der Waals surface area contributed by atoms with Gasteiger partial charge in [0.05, 0.1) is 48.3 Å². The molecule has 112 heavy (non-hydrogen) atoms. The molecule has 0 aromatic carbocycles. The molecular weight excluding hydrogens is 1450 g/mol. The van der Waals surface area contributed by atoms with E-state index in [0.717, 1.165) is 50.0 Å². The van der Waals surface area contributed by atoms with Crippen molar-refractivity contribution < 1.29 is 67.0 Å². The quantitative estimate of drug-likeness (QED) is 0.0252. The number of hydrogen-bond acceptors (Lipinski definition) is 18. The summed E-state index contributed by atoms with van der Waals surface area (Å²) in [6, 6.07) is 6.06. The van der Waals surface area contributed by atoms with Crippen LogP contribution in [0.2, 0.25) is 0 Å². The van der Waals surface area contributed by atoms with Crippen molar-refractivity contribution in [2.24, 2.45) is 79.6 Å². The van der Waals surface area contributed by atoms with Crippen LogP contribution >= 0.6 is 0 Å². The van der Waals surface area contributed by atoms with E-state index in [0.29, 0.717) is 42.3 Å². The molecule has 0 aliphatic heterocycles. The molecule has 8 heterocycles. The normalized spacial score (nSPS) is 16.3. The summed E-state index contributed by atoms with van der Waals surface area (Å²) >= 11 is 0. The van der Waals surface area contributed by atoms with Gasteiger partial charge in [0.2, 0.25) is 41.1 Å². The lowest BCUT2D eigenvalue weighted by Gasteiger charge is -2.56. The molecule has 38 nitrogen and oxygen atoms in total. The minimum absolute atomic E-state index is 0.00815. The maximum Gasteiger partial charge on any atom is 0.292 e. The van der Waals surface area contributed by atoms with Crippen molar-refractivity contribution in [2.45, 2.75) is 70.8 Å². The van der Waals surface area contributed by atoms with E-state index in [-0.39, 0.29) is 125 Å². The fourth-order valence-electron chi connectivity index (χ4n) is 15.2. The van der Waals surface area contributed by atoms with Gasteiger partial charge in [0.15, 0.2) is 17.5 Å². The lowest BCUT2D eigenvalue weighted by Crippen LogP contribution is -2.48. The second-order valence-electron chi connectivity index (χ2n) is 29.4. The molecule has 38 heteroatoms. The summed E-state index contributed by atoms with van der Waals surface area (Å²) in [5.41, 5.74) is 2.62. The number of aryl methyl sites for hydroxylation is 8. The zero-order chi connectivity index (χ0) is 80.4. The van der Waals surface area contributed by atoms with Crippen molar-refractivity contribution in [3.63, 3.8) is 0 Å². The first-order chi connectivity index (χ1) is 53.3. The number of hydrogen-bond donors (Lipinski definition) is 12. The maximum absolute atomic E-state index is 14.2. The fraction of sp³-hybridized carbons (Fsp3) is 0.446. The average molecular weight is 1550 g/mol. The first-order valence-electron chi connectivity index (χ1n) is 36.6. The highest BCUT2D eigenvalue weighted by molar-refractivity contribution is 6.10. The molecule has 596 valence electrons. The van der Waals surface area contributed by atoms with Gasteiger partial charge >= 0.3 is 0 Å². The Bertz CT molecular complexity index is 4880. The number of ether oxygens (including phenoxy) is 2. The van der Waals surface area contributed by atoms with Gasteiger partial charge in [0, 0.05) is 139 Å². The average Bonchev–Trinajstić information content (AvgIpc) is 1.13. The molecule has 0 spiro atoms. The minimum Gasteiger partial charge on any atom is -0.377 e. The van der Waals surface area contributed by atoms with Gasteiger partial charge in [-0.25, -0.2) is 15.0 Å². The van der Waals surface area contributed by atoms with E-state index in [4.69, 9.17) is 9.47 Å². The Morgan fingerprint density at radius 2 is 0.804 bits per heavy atom. The van der Waals surface area contributed by atoms with E-state index < -0.39 is 65.8 Å². The summed E-state index contributed by atoms with van der Waals surface area (Å²) in [5.74, 6) is -4.59. The molecule has 4 fully saturated rings. The Kier molecular flexibility index (Phi) is 25.2. The van der Waals surface area contributed by atoms with E-state index in [1.807, 2.05) is 19.0 Å². The van der Waals surface area contributed by atoms with Crippen LogP contribution in [0.25, 0.3) is 0 Å². The highest BCUT2D eigenvalue weighted by atomic mass is 16.5. The summed E-state index contributed by atoms with van der Waals surface area (Å²) in [6.07, 6.45) is 20.4. The van der Waals surface area contributed by atoms with Gasteiger partial charge < -0.3 is 115 Å². The van der Waals surface area contributed by atoms with Crippen LogP contribution < -0.4 is 63.8 Å². The third-order valence-corrected chi connectivity index (χ3v) is 19.8. The molecule has 8 aromatic rings. The third kappa shape index (κ3) is 20.3. The van der Waals surface area contributed by atoms with Crippen LogP contribution in [0, 0.1) is 23.2 Å². The van der Waals surface area contributed by atoms with Gasteiger partial charge in [-0.1, -0.05) is 0 Å². The zero-order valence-electron chi connectivity index (χ0n) is 64.4. The standard InChI is InChI=1S/C74H96N24O14/c1-42(99)78-46-24-56(93(6)33-46)70(107)88-58-39-98(11)64(85-58)73(110)89-59-40-97(10)63(86-59)72(109)81-49-26-53(92(5)36-49)67(104)77-15-13-51(83-61(101)41-112-20-19-111-18-16-75-60(100)32-74-29-43-21-44(30-74)23-45(22-43)31-74)65(102)87-57-38-96(9)62(84-57)71(108)82-50-28-55(95(8)37-50)69(106)80-48-27-54(94(7)35-48)68(105)79-47-25-52(91(4)34-47)66(103)76-14-12-17-90(2)3/h24-28,33-40,43-45,51H,12-23,29-32,41H2,1-11H3,(H,75,100)(H,76,103)(H,77,104)(H,78,99)(H,79,105)(H,80,106)(H,81,109)(H,82,108)(H,83,101)(H,87,102)(H,88,107)(H,89,110). The predicted molar refractivity (Wildman–Crippen MR) is 412 cm³/mol. The van der Waals surface area contributed by atoms with Gasteiger partial charge in [-0.05, 0) is 126 Å². The second-order valence-corrected chi connectivity index (χ2v) is 29.4. The molecule has 0 saturated heterocycles. The van der Waals surface area contributed by atoms with Gasteiger partial charge in [-0.15, -0.1) is 0 Å². The largest absolute Gasteiger partial charge is 0.377 e. The van der Waals surface area contributed by atoms with Crippen LogP contribution in [-0.4, -0.2) is 200 Å². The number of aromatic nitrogens is 11. The van der Waals surface area contributed by atoms with Crippen LogP contribution in [0.5, 0.6) is 0 Å². The summed E-state index contributed by atoms with van der Waals surface area (Å²) in [7, 11) is 16.6. The molecule has 1 atom stereocenters. The molecule has 8 aromatic heterocycles. The van der Waals surface area contributed by atoms with E-state index >= 15 is 0 Å². The summed E-state index contributed by atoms with van der Waals surface area (Å²) in [5, 5.41) is 32.8. The van der Waals surface area contributed by atoms with Gasteiger partial charge in [0.25, 0.3) is 47.3 Å². The van der Waals surface area contributed by atoms with Crippen molar-refractivity contribution in [2.75, 3.05) is 109 Å². The van der Waals surface area contributed by atoms with Crippen LogP contribution in [0.3, 0.4) is 0 Å². The Morgan fingerprint density at radius 1 is 0.429 bits per heavy atom. The van der Waals surface area contributed by atoms with Gasteiger partial charge in [0.1, 0.15) is 41.1 Å². The lowest BCUT2D eigenvalue weighted by molar-refractivity contribution is -0.130. The number of rotatable bonds is 35. The predicted octanol–water partition coefficient (Wildman–Crippen LogP) is 3.73. The Hall–Kier alpha value is -12.5. The van der Waals surface area contributed by atoms with Crippen LogP contribution in [0.15, 0.2) is 79.9 Å². The molecule has 0 radical (unpaired) electrons. The number of carbonyl (C=O) groups is 12. The summed E-state index contributed by atoms with van der Waals surface area (Å²) in [6.45, 7) is 2.65. The monoisotopic (exact) mass is 1540 g/mol. The fourth-order valence-corrected chi connectivity index (χ4v) is 15.2. The molecule has 4 aliphatic carbocycles. The van der Waals surface area contributed by atoms with Gasteiger partial charge in [-0.2, -0.15) is 0 Å². The number of amides is 12. The molecule has 12 rings (SSSR count). The molecule has 4 aliphatic rings. The smallest absolute Gasteiger partial charge is 0.292 e. The Balaban J connectivity index is 0.672. The number of imidazole rings is 3. The van der Waals surface area contributed by atoms with E-state index in [1.54, 1.807) is 71.5 Å². The van der Waals surface area contributed by atoms with Crippen molar-refractivity contribution in [1.29, 1.82) is 0 Å². The van der Waals surface area contributed by atoms with Crippen LogP contribution in [0.1, 0.15) is 149 Å². The second kappa shape index (κ2) is 35.1. The third-order valence-electron chi connectivity index (χ3n) is 19.8. The highest BCUT2D eigenvalue weighted by Gasteiger charge is 2.51. The first-order valence-corrected chi connectivity index (χ1v) is 36.6. The Morgan fingerprint density at radius 3 is 1.24 bits per heavy atom. The number of carbonyl (C=O) groups excluding carboxylic acids is 12. The molecule has 4 saturated carbocycles. The molecule has 12 N–H and O–H groups in total. The van der Waals surface area contributed by atoms with Crippen molar-refractivity contribution >= 4 is 117 Å². The van der Waals surface area contributed by atoms with Crippen molar-refractivity contribution in [1.82, 2.24) is 77.7 Å². The maximum atomic E-state index is 14.2. The first kappa shape index (κ1) is 80.6. The van der Waals surface area contributed by atoms with Gasteiger partial charge in [-0.3, -0.25) is 57.5 Å². The van der Waals surface area contributed by atoms with E-state index in [2.05, 4.69) is 78.8 Å². The number of nitrogens with one attached hydrogen (secondary N) is 12. The number of anilines is 8. The van der Waals surface area contributed by atoms with E-state index in [1.165, 1.54) is 128 Å². The molecule has 1 unspecified atom stereocenters. The topological polar surface area (TPSA) is 449 Å².